The van der Waals surface area contributed by atoms with Gasteiger partial charge in [0.1, 0.15) is 0 Å². The minimum absolute atomic E-state index is 0.00468. The van der Waals surface area contributed by atoms with Gasteiger partial charge < -0.3 is 10.1 Å². The lowest BCUT2D eigenvalue weighted by Crippen LogP contribution is -2.56. The summed E-state index contributed by atoms with van der Waals surface area (Å²) in [4.78, 5) is 12.7. The molecule has 156 valence electrons. The van der Waals surface area contributed by atoms with Gasteiger partial charge in [-0.1, -0.05) is 48.5 Å². The van der Waals surface area contributed by atoms with E-state index in [-0.39, 0.29) is 11.7 Å². The number of carbonyl (C=O) groups excluding carboxylic acids is 1. The SMILES string of the molecule is COCCC1(NC(=O)c2ccccc2)CCN(S(=O)(=O)Cc2ccccc2)CC1. The van der Waals surface area contributed by atoms with Gasteiger partial charge in [0.15, 0.2) is 0 Å². The molecule has 0 radical (unpaired) electrons. The van der Waals surface area contributed by atoms with Crippen LogP contribution in [0.15, 0.2) is 60.7 Å². The second-order valence-electron chi connectivity index (χ2n) is 7.48. The predicted molar refractivity (Wildman–Crippen MR) is 113 cm³/mol. The summed E-state index contributed by atoms with van der Waals surface area (Å²) in [6.07, 6.45) is 1.76. The summed E-state index contributed by atoms with van der Waals surface area (Å²) in [6.45, 7) is 1.27. The minimum atomic E-state index is -3.40. The molecule has 0 atom stereocenters. The molecule has 1 N–H and O–H groups in total. The van der Waals surface area contributed by atoms with Crippen LogP contribution in [0.1, 0.15) is 35.2 Å². The quantitative estimate of drug-likeness (QED) is 0.718. The summed E-state index contributed by atoms with van der Waals surface area (Å²) in [5.41, 5.74) is 0.909. The number of hydrogen-bond donors (Lipinski definition) is 1. The zero-order valence-corrected chi connectivity index (χ0v) is 17.5. The van der Waals surface area contributed by atoms with Gasteiger partial charge in [0.2, 0.25) is 10.0 Å². The van der Waals surface area contributed by atoms with Gasteiger partial charge in [0, 0.05) is 37.9 Å². The Morgan fingerprint density at radius 2 is 1.62 bits per heavy atom. The molecule has 0 unspecified atom stereocenters. The van der Waals surface area contributed by atoms with Crippen LogP contribution < -0.4 is 5.32 Å². The Labute approximate surface area is 172 Å². The van der Waals surface area contributed by atoms with Gasteiger partial charge in [-0.3, -0.25) is 4.79 Å². The van der Waals surface area contributed by atoms with Crippen LogP contribution in [0.3, 0.4) is 0 Å². The Hall–Kier alpha value is -2.22. The van der Waals surface area contributed by atoms with E-state index in [9.17, 15) is 13.2 Å². The number of benzene rings is 2. The van der Waals surface area contributed by atoms with E-state index in [1.165, 1.54) is 0 Å². The Kier molecular flexibility index (Phi) is 7.05. The standard InChI is InChI=1S/C22H28N2O4S/c1-28-17-14-22(23-21(25)20-10-6-3-7-11-20)12-15-24(16-13-22)29(26,27)18-19-8-4-2-5-9-19/h2-11H,12-18H2,1H3,(H,23,25). The second-order valence-corrected chi connectivity index (χ2v) is 9.45. The van der Waals surface area contributed by atoms with Crippen molar-refractivity contribution in [2.45, 2.75) is 30.6 Å². The lowest BCUT2D eigenvalue weighted by atomic mass is 9.85. The molecule has 0 aromatic heterocycles. The largest absolute Gasteiger partial charge is 0.385 e. The highest BCUT2D eigenvalue weighted by atomic mass is 32.2. The molecule has 7 heteroatoms. The topological polar surface area (TPSA) is 75.7 Å². The van der Waals surface area contributed by atoms with Crippen molar-refractivity contribution >= 4 is 15.9 Å². The van der Waals surface area contributed by atoms with Crippen molar-refractivity contribution in [3.8, 4) is 0 Å². The van der Waals surface area contributed by atoms with E-state index in [2.05, 4.69) is 5.32 Å². The highest BCUT2D eigenvalue weighted by Crippen LogP contribution is 2.29. The van der Waals surface area contributed by atoms with Crippen LogP contribution in [0.4, 0.5) is 0 Å². The van der Waals surface area contributed by atoms with E-state index in [1.54, 1.807) is 23.5 Å². The molecule has 2 aromatic rings. The lowest BCUT2D eigenvalue weighted by Gasteiger charge is -2.42. The number of carbonyl (C=O) groups is 1. The predicted octanol–water partition coefficient (Wildman–Crippen LogP) is 2.82. The Morgan fingerprint density at radius 1 is 1.03 bits per heavy atom. The van der Waals surface area contributed by atoms with Crippen molar-refractivity contribution in [2.24, 2.45) is 0 Å². The first-order chi connectivity index (χ1) is 13.9. The monoisotopic (exact) mass is 416 g/mol. The summed E-state index contributed by atoms with van der Waals surface area (Å²) in [5.74, 6) is -0.141. The first-order valence-electron chi connectivity index (χ1n) is 9.82. The zero-order valence-electron chi connectivity index (χ0n) is 16.7. The molecular formula is C22H28N2O4S. The average Bonchev–Trinajstić information content (AvgIpc) is 2.74. The third-order valence-corrected chi connectivity index (χ3v) is 7.31. The van der Waals surface area contributed by atoms with E-state index < -0.39 is 15.6 Å². The zero-order chi connectivity index (χ0) is 20.7. The first kappa shape index (κ1) is 21.5. The molecule has 2 aromatic carbocycles. The Balaban J connectivity index is 1.68. The maximum Gasteiger partial charge on any atom is 0.251 e. The molecule has 0 aliphatic carbocycles. The van der Waals surface area contributed by atoms with Gasteiger partial charge in [-0.05, 0) is 37.0 Å². The molecule has 1 aliphatic heterocycles. The van der Waals surface area contributed by atoms with Gasteiger partial charge in [-0.25, -0.2) is 12.7 Å². The lowest BCUT2D eigenvalue weighted by molar-refractivity contribution is 0.0783. The molecule has 3 rings (SSSR count). The third-order valence-electron chi connectivity index (χ3n) is 5.46. The molecule has 6 nitrogen and oxygen atoms in total. The van der Waals surface area contributed by atoms with E-state index >= 15 is 0 Å². The summed E-state index contributed by atoms with van der Waals surface area (Å²) in [5, 5.41) is 3.16. The first-order valence-corrected chi connectivity index (χ1v) is 11.4. The molecule has 1 heterocycles. The number of sulfonamides is 1. The highest BCUT2D eigenvalue weighted by molar-refractivity contribution is 7.88. The molecule has 29 heavy (non-hydrogen) atoms. The van der Waals surface area contributed by atoms with E-state index in [1.807, 2.05) is 48.5 Å². The molecule has 1 saturated heterocycles. The van der Waals surface area contributed by atoms with Crippen molar-refractivity contribution in [1.82, 2.24) is 9.62 Å². The van der Waals surface area contributed by atoms with Gasteiger partial charge in [-0.15, -0.1) is 0 Å². The number of methoxy groups -OCH3 is 1. The molecule has 1 amide bonds. The van der Waals surface area contributed by atoms with E-state index in [0.717, 1.165) is 5.56 Å². The summed E-state index contributed by atoms with van der Waals surface area (Å²) >= 11 is 0. The van der Waals surface area contributed by atoms with Crippen LogP contribution in [-0.4, -0.2) is 51.0 Å². The van der Waals surface area contributed by atoms with Crippen LogP contribution in [0.25, 0.3) is 0 Å². The summed E-state index contributed by atoms with van der Waals surface area (Å²) in [6, 6.07) is 18.3. The molecular weight excluding hydrogens is 388 g/mol. The molecule has 1 fully saturated rings. The number of nitrogens with one attached hydrogen (secondary N) is 1. The van der Waals surface area contributed by atoms with Crippen LogP contribution >= 0.6 is 0 Å². The number of nitrogens with zero attached hydrogens (tertiary/aromatic N) is 1. The van der Waals surface area contributed by atoms with Crippen LogP contribution in [0, 0.1) is 0 Å². The number of ether oxygens (including phenoxy) is 1. The molecule has 1 aliphatic rings. The smallest absolute Gasteiger partial charge is 0.251 e. The summed E-state index contributed by atoms with van der Waals surface area (Å²) < 4.78 is 32.5. The van der Waals surface area contributed by atoms with Crippen molar-refractivity contribution < 1.29 is 17.9 Å². The molecule has 0 bridgehead atoms. The van der Waals surface area contributed by atoms with E-state index in [0.29, 0.717) is 44.5 Å². The number of hydrogen-bond acceptors (Lipinski definition) is 4. The third kappa shape index (κ3) is 5.65. The number of rotatable bonds is 8. The van der Waals surface area contributed by atoms with Gasteiger partial charge in [0.05, 0.1) is 5.75 Å². The number of amides is 1. The number of piperidine rings is 1. The Morgan fingerprint density at radius 3 is 2.21 bits per heavy atom. The average molecular weight is 417 g/mol. The van der Waals surface area contributed by atoms with Crippen LogP contribution in [0.2, 0.25) is 0 Å². The van der Waals surface area contributed by atoms with Crippen LogP contribution in [-0.2, 0) is 20.5 Å². The maximum atomic E-state index is 12.8. The highest BCUT2D eigenvalue weighted by Gasteiger charge is 2.39. The van der Waals surface area contributed by atoms with Crippen LogP contribution in [0.5, 0.6) is 0 Å². The maximum absolute atomic E-state index is 12.8. The van der Waals surface area contributed by atoms with Gasteiger partial charge in [-0.2, -0.15) is 0 Å². The van der Waals surface area contributed by atoms with Crippen molar-refractivity contribution in [2.75, 3.05) is 26.8 Å². The molecule has 0 spiro atoms. The normalized spacial score (nSPS) is 17.0. The van der Waals surface area contributed by atoms with E-state index in [4.69, 9.17) is 4.74 Å². The van der Waals surface area contributed by atoms with Gasteiger partial charge in [0.25, 0.3) is 5.91 Å². The minimum Gasteiger partial charge on any atom is -0.385 e. The fourth-order valence-corrected chi connectivity index (χ4v) is 5.24. The summed E-state index contributed by atoms with van der Waals surface area (Å²) in [7, 11) is -1.77. The molecule has 0 saturated carbocycles. The second kappa shape index (κ2) is 9.52. The van der Waals surface area contributed by atoms with Crippen molar-refractivity contribution in [3.05, 3.63) is 71.8 Å². The van der Waals surface area contributed by atoms with Crippen molar-refractivity contribution in [1.29, 1.82) is 0 Å². The van der Waals surface area contributed by atoms with Gasteiger partial charge >= 0.3 is 0 Å². The fraction of sp³-hybridized carbons (Fsp3) is 0.409. The Bertz CT molecular complexity index is 893. The van der Waals surface area contributed by atoms with Crippen molar-refractivity contribution in [3.63, 3.8) is 0 Å². The fourth-order valence-electron chi connectivity index (χ4n) is 3.71.